The summed E-state index contributed by atoms with van der Waals surface area (Å²) in [7, 11) is 3.08. The van der Waals surface area contributed by atoms with Crippen LogP contribution in [0.4, 0.5) is 0 Å². The molecule has 1 amide bonds. The van der Waals surface area contributed by atoms with E-state index in [0.717, 1.165) is 11.1 Å². The van der Waals surface area contributed by atoms with Crippen LogP contribution in [0.1, 0.15) is 21.8 Å². The van der Waals surface area contributed by atoms with E-state index >= 15 is 0 Å². The molecule has 3 aromatic rings. The molecule has 0 atom stereocenters. The number of benzene rings is 2. The molecule has 1 heterocycles. The molecule has 0 aliphatic heterocycles. The quantitative estimate of drug-likeness (QED) is 0.691. The van der Waals surface area contributed by atoms with Gasteiger partial charge in [0.25, 0.3) is 5.91 Å². The molecule has 7 heteroatoms. The predicted molar refractivity (Wildman–Crippen MR) is 100 cm³/mol. The van der Waals surface area contributed by atoms with Crippen LogP contribution < -0.4 is 14.8 Å². The lowest BCUT2D eigenvalue weighted by Crippen LogP contribution is -2.25. The SMILES string of the molecule is COc1cc(OC)cc(C(=O)NCCc2nc(-c3ccccc3C)no2)c1. The van der Waals surface area contributed by atoms with Crippen LogP contribution in [0.15, 0.2) is 47.0 Å². The van der Waals surface area contributed by atoms with Gasteiger partial charge in [-0.05, 0) is 24.6 Å². The highest BCUT2D eigenvalue weighted by Crippen LogP contribution is 2.22. The highest BCUT2D eigenvalue weighted by Gasteiger charge is 2.12. The number of aryl methyl sites for hydroxylation is 1. The molecule has 2 aromatic carbocycles. The second-order valence-corrected chi connectivity index (χ2v) is 5.93. The van der Waals surface area contributed by atoms with Crippen molar-refractivity contribution in [3.8, 4) is 22.9 Å². The molecule has 0 spiro atoms. The number of hydrogen-bond acceptors (Lipinski definition) is 6. The van der Waals surface area contributed by atoms with Gasteiger partial charge in [0.15, 0.2) is 0 Å². The van der Waals surface area contributed by atoms with E-state index in [1.807, 2.05) is 31.2 Å². The van der Waals surface area contributed by atoms with Crippen LogP contribution in [0.5, 0.6) is 11.5 Å². The van der Waals surface area contributed by atoms with Gasteiger partial charge in [0, 0.05) is 30.2 Å². The van der Waals surface area contributed by atoms with Gasteiger partial charge in [-0.25, -0.2) is 0 Å². The third-order valence-electron chi connectivity index (χ3n) is 4.09. The molecule has 1 aromatic heterocycles. The number of carbonyl (C=O) groups is 1. The van der Waals surface area contributed by atoms with Crippen molar-refractivity contribution < 1.29 is 18.8 Å². The number of rotatable bonds is 7. The standard InChI is InChI=1S/C20H21N3O4/c1-13-6-4-5-7-17(13)19-22-18(27-23-19)8-9-21-20(24)14-10-15(25-2)12-16(11-14)26-3/h4-7,10-12H,8-9H2,1-3H3,(H,21,24). The molecule has 0 aliphatic rings. The summed E-state index contributed by atoms with van der Waals surface area (Å²) in [6.07, 6.45) is 0.436. The molecule has 0 bridgehead atoms. The number of ether oxygens (including phenoxy) is 2. The summed E-state index contributed by atoms with van der Waals surface area (Å²) in [5.74, 6) is 1.90. The fraction of sp³-hybridized carbons (Fsp3) is 0.250. The molecule has 140 valence electrons. The number of amides is 1. The molecule has 0 aliphatic carbocycles. The summed E-state index contributed by atoms with van der Waals surface area (Å²) < 4.78 is 15.6. The van der Waals surface area contributed by atoms with Crippen molar-refractivity contribution in [2.24, 2.45) is 0 Å². The Morgan fingerprint density at radius 2 is 1.81 bits per heavy atom. The first-order valence-electron chi connectivity index (χ1n) is 8.50. The zero-order valence-corrected chi connectivity index (χ0v) is 15.5. The minimum atomic E-state index is -0.231. The van der Waals surface area contributed by atoms with Crippen LogP contribution in [0.3, 0.4) is 0 Å². The minimum absolute atomic E-state index is 0.231. The second kappa shape index (κ2) is 8.35. The number of nitrogens with zero attached hydrogens (tertiary/aromatic N) is 2. The highest BCUT2D eigenvalue weighted by molar-refractivity contribution is 5.95. The van der Waals surface area contributed by atoms with Crippen LogP contribution in [-0.4, -0.2) is 36.8 Å². The largest absolute Gasteiger partial charge is 0.497 e. The number of nitrogens with one attached hydrogen (secondary N) is 1. The lowest BCUT2D eigenvalue weighted by atomic mass is 10.1. The molecule has 7 nitrogen and oxygen atoms in total. The topological polar surface area (TPSA) is 86.5 Å². The molecule has 0 saturated carbocycles. The third-order valence-corrected chi connectivity index (χ3v) is 4.09. The van der Waals surface area contributed by atoms with E-state index in [2.05, 4.69) is 15.5 Å². The van der Waals surface area contributed by atoms with Crippen molar-refractivity contribution in [3.05, 3.63) is 59.5 Å². The first-order chi connectivity index (χ1) is 13.1. The number of methoxy groups -OCH3 is 2. The normalized spacial score (nSPS) is 10.5. The van der Waals surface area contributed by atoms with E-state index < -0.39 is 0 Å². The molecule has 0 radical (unpaired) electrons. The van der Waals surface area contributed by atoms with Crippen molar-refractivity contribution in [2.75, 3.05) is 20.8 Å². The summed E-state index contributed by atoms with van der Waals surface area (Å²) in [6, 6.07) is 12.9. The second-order valence-electron chi connectivity index (χ2n) is 5.93. The maximum absolute atomic E-state index is 12.4. The Hall–Kier alpha value is -3.35. The highest BCUT2D eigenvalue weighted by atomic mass is 16.5. The molecular weight excluding hydrogens is 346 g/mol. The van der Waals surface area contributed by atoms with E-state index in [-0.39, 0.29) is 5.91 Å². The zero-order valence-electron chi connectivity index (χ0n) is 15.5. The third kappa shape index (κ3) is 4.44. The average Bonchev–Trinajstić information content (AvgIpc) is 3.16. The molecule has 0 saturated heterocycles. The Balaban J connectivity index is 1.60. The van der Waals surface area contributed by atoms with Gasteiger partial charge in [0.2, 0.25) is 11.7 Å². The van der Waals surface area contributed by atoms with Crippen LogP contribution >= 0.6 is 0 Å². The molecule has 3 rings (SSSR count). The first kappa shape index (κ1) is 18.4. The summed E-state index contributed by atoms with van der Waals surface area (Å²) in [6.45, 7) is 2.36. The van der Waals surface area contributed by atoms with E-state index in [4.69, 9.17) is 14.0 Å². The van der Waals surface area contributed by atoms with Crippen LogP contribution in [-0.2, 0) is 6.42 Å². The lowest BCUT2D eigenvalue weighted by Gasteiger charge is -2.08. The van der Waals surface area contributed by atoms with Gasteiger partial charge in [-0.15, -0.1) is 0 Å². The van der Waals surface area contributed by atoms with Crippen molar-refractivity contribution in [2.45, 2.75) is 13.3 Å². The average molecular weight is 367 g/mol. The Morgan fingerprint density at radius 3 is 2.48 bits per heavy atom. The molecule has 0 fully saturated rings. The summed E-state index contributed by atoms with van der Waals surface area (Å²) in [5, 5.41) is 6.85. The Kier molecular flexibility index (Phi) is 5.71. The summed E-state index contributed by atoms with van der Waals surface area (Å²) >= 11 is 0. The van der Waals surface area contributed by atoms with E-state index in [9.17, 15) is 4.79 Å². The smallest absolute Gasteiger partial charge is 0.251 e. The van der Waals surface area contributed by atoms with Gasteiger partial charge in [0.1, 0.15) is 11.5 Å². The van der Waals surface area contributed by atoms with Gasteiger partial charge in [0.05, 0.1) is 14.2 Å². The fourth-order valence-electron chi connectivity index (χ4n) is 2.61. The van der Waals surface area contributed by atoms with Gasteiger partial charge >= 0.3 is 0 Å². The van der Waals surface area contributed by atoms with Crippen molar-refractivity contribution in [1.29, 1.82) is 0 Å². The van der Waals surface area contributed by atoms with Crippen molar-refractivity contribution >= 4 is 5.91 Å². The molecule has 1 N–H and O–H groups in total. The molecule has 27 heavy (non-hydrogen) atoms. The van der Waals surface area contributed by atoms with E-state index in [0.29, 0.717) is 41.7 Å². The maximum Gasteiger partial charge on any atom is 0.251 e. The van der Waals surface area contributed by atoms with Crippen LogP contribution in [0.25, 0.3) is 11.4 Å². The zero-order chi connectivity index (χ0) is 19.2. The first-order valence-corrected chi connectivity index (χ1v) is 8.50. The number of aromatic nitrogens is 2. The van der Waals surface area contributed by atoms with Crippen molar-refractivity contribution in [1.82, 2.24) is 15.5 Å². The van der Waals surface area contributed by atoms with E-state index in [1.54, 1.807) is 18.2 Å². The number of hydrogen-bond donors (Lipinski definition) is 1. The van der Waals surface area contributed by atoms with Gasteiger partial charge < -0.3 is 19.3 Å². The monoisotopic (exact) mass is 367 g/mol. The molecule has 0 unspecified atom stereocenters. The number of carbonyl (C=O) groups excluding carboxylic acids is 1. The van der Waals surface area contributed by atoms with E-state index in [1.165, 1.54) is 14.2 Å². The fourth-order valence-corrected chi connectivity index (χ4v) is 2.61. The minimum Gasteiger partial charge on any atom is -0.497 e. The van der Waals surface area contributed by atoms with Gasteiger partial charge in [-0.3, -0.25) is 4.79 Å². The Labute approximate surface area is 157 Å². The van der Waals surface area contributed by atoms with Crippen LogP contribution in [0.2, 0.25) is 0 Å². The van der Waals surface area contributed by atoms with Crippen molar-refractivity contribution in [3.63, 3.8) is 0 Å². The Morgan fingerprint density at radius 1 is 1.11 bits per heavy atom. The molecular formula is C20H21N3O4. The lowest BCUT2D eigenvalue weighted by molar-refractivity contribution is 0.0952. The Bertz CT molecular complexity index is 914. The maximum atomic E-state index is 12.4. The summed E-state index contributed by atoms with van der Waals surface area (Å²) in [5.41, 5.74) is 2.46. The van der Waals surface area contributed by atoms with Crippen LogP contribution in [0, 0.1) is 6.92 Å². The summed E-state index contributed by atoms with van der Waals surface area (Å²) in [4.78, 5) is 16.8. The van der Waals surface area contributed by atoms with Gasteiger partial charge in [-0.2, -0.15) is 4.98 Å². The predicted octanol–water partition coefficient (Wildman–Crippen LogP) is 3.03. The van der Waals surface area contributed by atoms with Gasteiger partial charge in [-0.1, -0.05) is 29.4 Å².